The molecule has 2 atom stereocenters. The lowest BCUT2D eigenvalue weighted by atomic mass is 10.1. The molecule has 0 aliphatic heterocycles. The van der Waals surface area contributed by atoms with E-state index < -0.39 is 6.10 Å². The second-order valence-electron chi connectivity index (χ2n) is 6.40. The molecule has 132 valence electrons. The predicted molar refractivity (Wildman–Crippen MR) is 96.3 cm³/mol. The zero-order valence-corrected chi connectivity index (χ0v) is 14.9. The van der Waals surface area contributed by atoms with Crippen LogP contribution >= 0.6 is 0 Å². The molecule has 5 heteroatoms. The number of quaternary nitrogens is 2. The summed E-state index contributed by atoms with van der Waals surface area (Å²) in [6.07, 6.45) is -0.538. The number of likely N-dealkylation sites (N-methyl/N-ethyl adjacent to an activating group) is 1. The molecule has 0 amide bonds. The first-order chi connectivity index (χ1) is 12.1. The maximum absolute atomic E-state index is 10.1. The van der Waals surface area contributed by atoms with Crippen molar-refractivity contribution in [3.8, 4) is 11.8 Å². The fourth-order valence-electron chi connectivity index (χ4n) is 2.73. The van der Waals surface area contributed by atoms with Crippen LogP contribution in [0.25, 0.3) is 0 Å². The van der Waals surface area contributed by atoms with Crippen LogP contribution in [0.3, 0.4) is 0 Å². The lowest BCUT2D eigenvalue weighted by Gasteiger charge is -2.21. The molecule has 0 saturated carbocycles. The van der Waals surface area contributed by atoms with E-state index in [2.05, 4.69) is 49.7 Å². The fraction of sp³-hybridized carbons (Fsp3) is 0.350. The van der Waals surface area contributed by atoms with Gasteiger partial charge in [-0.05, 0) is 24.3 Å². The Morgan fingerprint density at radius 2 is 1.76 bits per heavy atom. The molecule has 0 spiro atoms. The van der Waals surface area contributed by atoms with Crippen LogP contribution in [0.1, 0.15) is 17.2 Å². The van der Waals surface area contributed by atoms with Gasteiger partial charge in [0, 0.05) is 5.56 Å². The number of nitrogens with two attached hydrogens (primary N) is 1. The Hall–Kier alpha value is -2.39. The SMILES string of the molecule is C[NH+](C)[C@@H](C[NH2+]C[C@@H](O)COc1ccc(C#N)cc1)c1ccccc1. The number of aliphatic hydroxyl groups is 1. The minimum Gasteiger partial charge on any atom is -0.491 e. The summed E-state index contributed by atoms with van der Waals surface area (Å²) in [5, 5.41) is 21.0. The smallest absolute Gasteiger partial charge is 0.162 e. The second-order valence-corrected chi connectivity index (χ2v) is 6.40. The van der Waals surface area contributed by atoms with Gasteiger partial charge in [0.15, 0.2) is 6.04 Å². The van der Waals surface area contributed by atoms with Crippen LogP contribution in [-0.4, -0.2) is 45.0 Å². The molecule has 0 fully saturated rings. The lowest BCUT2D eigenvalue weighted by molar-refractivity contribution is -0.909. The minimum atomic E-state index is -0.538. The minimum absolute atomic E-state index is 0.243. The van der Waals surface area contributed by atoms with Gasteiger partial charge >= 0.3 is 0 Å². The summed E-state index contributed by atoms with van der Waals surface area (Å²) in [4.78, 5) is 1.37. The number of benzene rings is 2. The van der Waals surface area contributed by atoms with E-state index in [1.165, 1.54) is 10.5 Å². The largest absolute Gasteiger partial charge is 0.491 e. The van der Waals surface area contributed by atoms with Gasteiger partial charge in [0.05, 0.1) is 25.7 Å². The van der Waals surface area contributed by atoms with E-state index in [4.69, 9.17) is 10.00 Å². The molecule has 2 aromatic rings. The molecule has 2 rings (SSSR count). The predicted octanol–water partition coefficient (Wildman–Crippen LogP) is -0.253. The Balaban J connectivity index is 1.75. The molecular weight excluding hydrogens is 314 g/mol. The van der Waals surface area contributed by atoms with Crippen LogP contribution in [0, 0.1) is 11.3 Å². The molecular formula is C20H27N3O2+2. The first kappa shape index (κ1) is 18.9. The fourth-order valence-corrected chi connectivity index (χ4v) is 2.73. The van der Waals surface area contributed by atoms with Crippen molar-refractivity contribution in [2.24, 2.45) is 0 Å². The molecule has 0 unspecified atom stereocenters. The Morgan fingerprint density at radius 3 is 2.36 bits per heavy atom. The van der Waals surface area contributed by atoms with Crippen molar-refractivity contribution in [1.82, 2.24) is 0 Å². The Kier molecular flexibility index (Phi) is 7.42. The number of hydrogen-bond donors (Lipinski definition) is 3. The van der Waals surface area contributed by atoms with E-state index in [-0.39, 0.29) is 6.61 Å². The van der Waals surface area contributed by atoms with E-state index in [9.17, 15) is 5.11 Å². The number of hydrogen-bond acceptors (Lipinski definition) is 3. The quantitative estimate of drug-likeness (QED) is 0.589. The third-order valence-electron chi connectivity index (χ3n) is 4.17. The average molecular weight is 341 g/mol. The lowest BCUT2D eigenvalue weighted by Crippen LogP contribution is -3.09. The number of nitrogens with one attached hydrogen (secondary N) is 1. The zero-order valence-electron chi connectivity index (χ0n) is 14.9. The Labute approximate surface area is 149 Å². The van der Waals surface area contributed by atoms with Gasteiger partial charge < -0.3 is 20.1 Å². The molecule has 25 heavy (non-hydrogen) atoms. The average Bonchev–Trinajstić information content (AvgIpc) is 2.64. The van der Waals surface area contributed by atoms with Gasteiger partial charge in [-0.25, -0.2) is 0 Å². The maximum Gasteiger partial charge on any atom is 0.162 e. The van der Waals surface area contributed by atoms with Crippen molar-refractivity contribution in [2.75, 3.05) is 33.8 Å². The molecule has 4 N–H and O–H groups in total. The standard InChI is InChI=1S/C20H25N3O2/c1-23(2)20(17-6-4-3-5-7-17)14-22-13-18(24)15-25-19-10-8-16(12-21)9-11-19/h3-11,18,20,22,24H,13-15H2,1-2H3/p+2/t18-,20+/m1/s1. The molecule has 0 saturated heterocycles. The van der Waals surface area contributed by atoms with Gasteiger partial charge in [-0.3, -0.25) is 0 Å². The maximum atomic E-state index is 10.1. The Morgan fingerprint density at radius 1 is 1.08 bits per heavy atom. The van der Waals surface area contributed by atoms with Crippen LogP contribution in [0.5, 0.6) is 5.75 Å². The van der Waals surface area contributed by atoms with Crippen LogP contribution in [0.15, 0.2) is 54.6 Å². The number of ether oxygens (including phenoxy) is 1. The summed E-state index contributed by atoms with van der Waals surface area (Å²) >= 11 is 0. The first-order valence-corrected chi connectivity index (χ1v) is 8.58. The normalized spacial score (nSPS) is 13.2. The van der Waals surface area contributed by atoms with Crippen LogP contribution < -0.4 is 15.0 Å². The molecule has 5 nitrogen and oxygen atoms in total. The van der Waals surface area contributed by atoms with Crippen molar-refractivity contribution in [3.05, 3.63) is 65.7 Å². The van der Waals surface area contributed by atoms with Crippen molar-refractivity contribution >= 4 is 0 Å². The zero-order chi connectivity index (χ0) is 18.1. The van der Waals surface area contributed by atoms with Crippen LogP contribution in [0.4, 0.5) is 0 Å². The number of aliphatic hydroxyl groups excluding tert-OH is 1. The topological polar surface area (TPSA) is 74.3 Å². The highest BCUT2D eigenvalue weighted by Gasteiger charge is 2.20. The van der Waals surface area contributed by atoms with E-state index >= 15 is 0 Å². The summed E-state index contributed by atoms with van der Waals surface area (Å²) in [6.45, 7) is 1.74. The highest BCUT2D eigenvalue weighted by molar-refractivity contribution is 5.34. The summed E-state index contributed by atoms with van der Waals surface area (Å²) in [6, 6.07) is 19.8. The highest BCUT2D eigenvalue weighted by atomic mass is 16.5. The van der Waals surface area contributed by atoms with E-state index in [1.807, 2.05) is 6.07 Å². The van der Waals surface area contributed by atoms with Gasteiger partial charge in [0.1, 0.15) is 31.5 Å². The van der Waals surface area contributed by atoms with Gasteiger partial charge in [-0.1, -0.05) is 30.3 Å². The van der Waals surface area contributed by atoms with E-state index in [0.29, 0.717) is 23.9 Å². The number of rotatable bonds is 9. The third kappa shape index (κ3) is 6.20. The molecule has 0 aromatic heterocycles. The summed E-state index contributed by atoms with van der Waals surface area (Å²) in [5.41, 5.74) is 1.90. The summed E-state index contributed by atoms with van der Waals surface area (Å²) < 4.78 is 5.57. The molecule has 2 aromatic carbocycles. The van der Waals surface area contributed by atoms with E-state index in [1.54, 1.807) is 24.3 Å². The van der Waals surface area contributed by atoms with Crippen molar-refractivity contribution in [3.63, 3.8) is 0 Å². The van der Waals surface area contributed by atoms with Gasteiger partial charge in [0.2, 0.25) is 0 Å². The molecule has 0 aliphatic carbocycles. The molecule has 0 bridgehead atoms. The van der Waals surface area contributed by atoms with Crippen molar-refractivity contribution < 1.29 is 20.1 Å². The van der Waals surface area contributed by atoms with Gasteiger partial charge in [0.25, 0.3) is 0 Å². The molecule has 0 heterocycles. The third-order valence-corrected chi connectivity index (χ3v) is 4.17. The summed E-state index contributed by atoms with van der Waals surface area (Å²) in [7, 11) is 4.30. The van der Waals surface area contributed by atoms with Crippen LogP contribution in [0.2, 0.25) is 0 Å². The summed E-state index contributed by atoms with van der Waals surface area (Å²) in [5.74, 6) is 0.665. The van der Waals surface area contributed by atoms with Crippen LogP contribution in [-0.2, 0) is 0 Å². The van der Waals surface area contributed by atoms with Gasteiger partial charge in [-0.2, -0.15) is 5.26 Å². The highest BCUT2D eigenvalue weighted by Crippen LogP contribution is 2.11. The Bertz CT molecular complexity index is 666. The molecule has 0 radical (unpaired) electrons. The first-order valence-electron chi connectivity index (χ1n) is 8.58. The van der Waals surface area contributed by atoms with E-state index in [0.717, 1.165) is 6.54 Å². The number of nitrogens with zero attached hydrogens (tertiary/aromatic N) is 1. The van der Waals surface area contributed by atoms with Gasteiger partial charge in [-0.15, -0.1) is 0 Å². The second kappa shape index (κ2) is 9.80. The van der Waals surface area contributed by atoms with Crippen molar-refractivity contribution in [1.29, 1.82) is 5.26 Å². The molecule has 0 aliphatic rings. The number of nitriles is 1. The van der Waals surface area contributed by atoms with Crippen molar-refractivity contribution in [2.45, 2.75) is 12.1 Å². The monoisotopic (exact) mass is 341 g/mol.